The monoisotopic (exact) mass is 599 g/mol. The summed E-state index contributed by atoms with van der Waals surface area (Å²) in [6.07, 6.45) is 0.909. The molecule has 0 bridgehead atoms. The number of carbonyl (C=O) groups is 3. The van der Waals surface area contributed by atoms with Crippen LogP contribution in [-0.4, -0.2) is 79.9 Å². The zero-order chi connectivity index (χ0) is 30.7. The van der Waals surface area contributed by atoms with Crippen LogP contribution in [0.4, 0.5) is 9.59 Å². The van der Waals surface area contributed by atoms with Crippen LogP contribution in [0.2, 0.25) is 0 Å². The van der Waals surface area contributed by atoms with Crippen molar-refractivity contribution in [2.45, 2.75) is 44.8 Å². The van der Waals surface area contributed by atoms with E-state index in [-0.39, 0.29) is 24.5 Å². The first kappa shape index (κ1) is 31.1. The van der Waals surface area contributed by atoms with Gasteiger partial charge in [-0.05, 0) is 54.0 Å². The first-order chi connectivity index (χ1) is 21.5. The molecular formula is C35H41N3O6. The summed E-state index contributed by atoms with van der Waals surface area (Å²) in [6, 6.07) is 25.6. The first-order valence-electron chi connectivity index (χ1n) is 15.5. The average molecular weight is 600 g/mol. The van der Waals surface area contributed by atoms with Gasteiger partial charge in [0.1, 0.15) is 12.6 Å². The Kier molecular flexibility index (Phi) is 10.9. The van der Waals surface area contributed by atoms with Gasteiger partial charge in [-0.15, -0.1) is 0 Å². The Bertz CT molecular complexity index is 1360. The Morgan fingerprint density at radius 2 is 1.41 bits per heavy atom. The minimum atomic E-state index is -0.742. The largest absolute Gasteiger partial charge is 0.450 e. The van der Waals surface area contributed by atoms with Gasteiger partial charge < -0.3 is 29.3 Å². The number of hydrogen-bond donors (Lipinski definition) is 1. The molecule has 44 heavy (non-hydrogen) atoms. The fraction of sp³-hybridized carbons (Fsp3) is 0.400. The van der Waals surface area contributed by atoms with E-state index < -0.39 is 12.1 Å². The first-order valence-corrected chi connectivity index (χ1v) is 15.5. The maximum atomic E-state index is 13.6. The van der Waals surface area contributed by atoms with E-state index in [2.05, 4.69) is 29.6 Å². The predicted molar refractivity (Wildman–Crippen MR) is 167 cm³/mol. The molecule has 1 N–H and O–H groups in total. The number of alkyl carbamates (subject to hydrolysis) is 1. The van der Waals surface area contributed by atoms with Crippen LogP contribution in [0.5, 0.6) is 0 Å². The third kappa shape index (κ3) is 7.77. The number of unbranched alkanes of at least 4 members (excludes halogenated alkanes) is 1. The molecule has 3 aromatic carbocycles. The minimum Gasteiger partial charge on any atom is -0.450 e. The van der Waals surface area contributed by atoms with Crippen LogP contribution in [-0.2, 0) is 25.6 Å². The summed E-state index contributed by atoms with van der Waals surface area (Å²) in [5, 5.41) is 2.86. The van der Waals surface area contributed by atoms with Gasteiger partial charge in [-0.2, -0.15) is 0 Å². The summed E-state index contributed by atoms with van der Waals surface area (Å²) >= 11 is 0. The van der Waals surface area contributed by atoms with E-state index in [1.807, 2.05) is 54.6 Å². The third-order valence-electron chi connectivity index (χ3n) is 8.19. The second-order valence-electron chi connectivity index (χ2n) is 11.1. The van der Waals surface area contributed by atoms with Crippen molar-refractivity contribution in [1.82, 2.24) is 15.1 Å². The van der Waals surface area contributed by atoms with Gasteiger partial charge in [0.25, 0.3) is 0 Å². The van der Waals surface area contributed by atoms with Crippen molar-refractivity contribution in [3.63, 3.8) is 0 Å². The average Bonchev–Trinajstić information content (AvgIpc) is 3.38. The summed E-state index contributed by atoms with van der Waals surface area (Å²) in [5.74, 6) is -0.243. The van der Waals surface area contributed by atoms with Gasteiger partial charge >= 0.3 is 12.2 Å². The minimum absolute atomic E-state index is 0.0694. The van der Waals surface area contributed by atoms with E-state index in [1.54, 1.807) is 16.7 Å². The molecule has 1 saturated heterocycles. The van der Waals surface area contributed by atoms with Crippen LogP contribution in [0, 0.1) is 0 Å². The Morgan fingerprint density at radius 1 is 0.795 bits per heavy atom. The second kappa shape index (κ2) is 15.4. The summed E-state index contributed by atoms with van der Waals surface area (Å²) in [6.45, 7) is 4.85. The molecular weight excluding hydrogens is 558 g/mol. The van der Waals surface area contributed by atoms with Crippen LogP contribution in [0.1, 0.15) is 48.8 Å². The molecule has 232 valence electrons. The topological polar surface area (TPSA) is 97.4 Å². The number of amides is 3. The number of rotatable bonds is 12. The van der Waals surface area contributed by atoms with Crippen LogP contribution in [0.15, 0.2) is 78.9 Å². The summed E-state index contributed by atoms with van der Waals surface area (Å²) in [4.78, 5) is 42.2. The number of nitrogens with one attached hydrogen (secondary N) is 1. The van der Waals surface area contributed by atoms with Crippen molar-refractivity contribution in [3.8, 4) is 11.1 Å². The summed E-state index contributed by atoms with van der Waals surface area (Å²) in [5.41, 5.74) is 5.68. The molecule has 3 amide bonds. The highest BCUT2D eigenvalue weighted by atomic mass is 16.6. The van der Waals surface area contributed by atoms with Gasteiger partial charge in [-0.3, -0.25) is 4.79 Å². The predicted octanol–water partition coefficient (Wildman–Crippen LogP) is 5.58. The zero-order valence-electron chi connectivity index (χ0n) is 25.3. The Labute approximate surface area is 259 Å². The van der Waals surface area contributed by atoms with Crippen LogP contribution >= 0.6 is 0 Å². The number of carbonyl (C=O) groups excluding carboxylic acids is 3. The van der Waals surface area contributed by atoms with E-state index in [1.165, 1.54) is 0 Å². The molecule has 3 aromatic rings. The quantitative estimate of drug-likeness (QED) is 0.273. The fourth-order valence-electron chi connectivity index (χ4n) is 5.90. The van der Waals surface area contributed by atoms with Crippen LogP contribution in [0.3, 0.4) is 0 Å². The number of benzene rings is 3. The van der Waals surface area contributed by atoms with Gasteiger partial charge in [0.05, 0.1) is 13.2 Å². The number of nitrogens with zero attached hydrogens (tertiary/aromatic N) is 2. The number of hydrogen-bond acceptors (Lipinski definition) is 6. The van der Waals surface area contributed by atoms with E-state index in [0.29, 0.717) is 58.8 Å². The highest BCUT2D eigenvalue weighted by Crippen LogP contribution is 2.44. The third-order valence-corrected chi connectivity index (χ3v) is 8.19. The Morgan fingerprint density at radius 3 is 2.07 bits per heavy atom. The summed E-state index contributed by atoms with van der Waals surface area (Å²) in [7, 11) is 0. The number of piperazine rings is 1. The van der Waals surface area contributed by atoms with Crippen LogP contribution < -0.4 is 5.32 Å². The van der Waals surface area contributed by atoms with Crippen molar-refractivity contribution < 1.29 is 28.6 Å². The molecule has 0 saturated carbocycles. The fourth-order valence-corrected chi connectivity index (χ4v) is 5.90. The lowest BCUT2D eigenvalue weighted by Crippen LogP contribution is -2.56. The standard InChI is InChI=1S/C35H41N3O6/c1-2-43-35(41)38-21-19-37(20-22-38)33(39)32(18-10-11-23-42-24-26-12-4-3-5-13-26)36-34(40)44-25-31-29-16-8-6-14-27(29)28-15-7-9-17-30(28)31/h3-9,12-17,31-32H,2,10-11,18-25H2,1H3,(H,36,40). The molecule has 1 fully saturated rings. The maximum Gasteiger partial charge on any atom is 0.409 e. The SMILES string of the molecule is CCOC(=O)N1CCN(C(=O)C(CCCCOCc2ccccc2)NC(=O)OCC2c3ccccc3-c3ccccc32)CC1. The summed E-state index contributed by atoms with van der Waals surface area (Å²) < 4.78 is 16.7. The molecule has 1 aliphatic carbocycles. The van der Waals surface area contributed by atoms with Gasteiger partial charge in [-0.25, -0.2) is 9.59 Å². The molecule has 0 radical (unpaired) electrons. The van der Waals surface area contributed by atoms with Gasteiger partial charge in [0.2, 0.25) is 5.91 Å². The van der Waals surface area contributed by atoms with Crippen molar-refractivity contribution in [2.75, 3.05) is 46.0 Å². The molecule has 5 rings (SSSR count). The lowest BCUT2D eigenvalue weighted by molar-refractivity contribution is -0.135. The number of fused-ring (bicyclic) bond motifs is 3. The molecule has 1 unspecified atom stereocenters. The number of ether oxygens (including phenoxy) is 3. The molecule has 1 heterocycles. The highest BCUT2D eigenvalue weighted by Gasteiger charge is 2.32. The van der Waals surface area contributed by atoms with E-state index in [9.17, 15) is 14.4 Å². The zero-order valence-corrected chi connectivity index (χ0v) is 25.3. The van der Waals surface area contributed by atoms with Crippen molar-refractivity contribution >= 4 is 18.1 Å². The maximum absolute atomic E-state index is 13.6. The molecule has 9 nitrogen and oxygen atoms in total. The lowest BCUT2D eigenvalue weighted by Gasteiger charge is -2.36. The highest BCUT2D eigenvalue weighted by molar-refractivity contribution is 5.86. The van der Waals surface area contributed by atoms with Crippen molar-refractivity contribution in [1.29, 1.82) is 0 Å². The van der Waals surface area contributed by atoms with E-state index >= 15 is 0 Å². The second-order valence-corrected chi connectivity index (χ2v) is 11.1. The molecule has 0 aromatic heterocycles. The smallest absolute Gasteiger partial charge is 0.409 e. The molecule has 1 aliphatic heterocycles. The van der Waals surface area contributed by atoms with Crippen molar-refractivity contribution in [3.05, 3.63) is 95.6 Å². The van der Waals surface area contributed by atoms with Crippen LogP contribution in [0.25, 0.3) is 11.1 Å². The molecule has 1 atom stereocenters. The molecule has 9 heteroatoms. The molecule has 2 aliphatic rings. The van der Waals surface area contributed by atoms with Gasteiger partial charge in [-0.1, -0.05) is 78.9 Å². The van der Waals surface area contributed by atoms with E-state index in [0.717, 1.165) is 34.2 Å². The van der Waals surface area contributed by atoms with Gasteiger partial charge in [0.15, 0.2) is 0 Å². The Balaban J connectivity index is 1.17. The normalized spacial score (nSPS) is 14.8. The Hall–Kier alpha value is -4.37. The molecule has 0 spiro atoms. The van der Waals surface area contributed by atoms with E-state index in [4.69, 9.17) is 14.2 Å². The van der Waals surface area contributed by atoms with Crippen molar-refractivity contribution in [2.24, 2.45) is 0 Å². The van der Waals surface area contributed by atoms with Gasteiger partial charge in [0, 0.05) is 38.7 Å². The lowest BCUT2D eigenvalue weighted by atomic mass is 9.98.